The number of halogens is 1. The molecule has 2 aromatic carbocycles. The summed E-state index contributed by atoms with van der Waals surface area (Å²) < 4.78 is 21.2. The predicted octanol–water partition coefficient (Wildman–Crippen LogP) is 4.41. The van der Waals surface area contributed by atoms with E-state index in [1.54, 1.807) is 18.5 Å². The van der Waals surface area contributed by atoms with E-state index in [-0.39, 0.29) is 11.2 Å². The Hall–Kier alpha value is -3.53. The minimum absolute atomic E-state index is 0.147. The van der Waals surface area contributed by atoms with Crippen molar-refractivity contribution < 1.29 is 9.13 Å². The summed E-state index contributed by atoms with van der Waals surface area (Å²) in [5.74, 6) is 0.440. The molecule has 2 aliphatic rings. The maximum absolute atomic E-state index is 13.8. The van der Waals surface area contributed by atoms with E-state index in [1.807, 2.05) is 29.1 Å². The van der Waals surface area contributed by atoms with Crippen molar-refractivity contribution in [3.63, 3.8) is 0 Å². The summed E-state index contributed by atoms with van der Waals surface area (Å²) in [7, 11) is 7.00. The van der Waals surface area contributed by atoms with Crippen LogP contribution in [0.1, 0.15) is 49.9 Å². The van der Waals surface area contributed by atoms with Crippen molar-refractivity contribution in [1.82, 2.24) is 25.0 Å². The molecule has 2 radical (unpaired) electrons. The topological polar surface area (TPSA) is 89.8 Å². The minimum atomic E-state index is -1.23. The third-order valence-corrected chi connectivity index (χ3v) is 7.49. The summed E-state index contributed by atoms with van der Waals surface area (Å²) in [5, 5.41) is 16.6. The Labute approximate surface area is 216 Å². The van der Waals surface area contributed by atoms with Gasteiger partial charge in [0.05, 0.1) is 23.2 Å². The quantitative estimate of drug-likeness (QED) is 0.349. The molecule has 0 amide bonds. The number of fused-ring (bicyclic) bond motifs is 1. The Kier molecular flexibility index (Phi) is 6.06. The molecule has 2 aromatic heterocycles. The van der Waals surface area contributed by atoms with Crippen molar-refractivity contribution in [3.8, 4) is 0 Å². The van der Waals surface area contributed by atoms with Crippen LogP contribution in [0.2, 0.25) is 0 Å². The van der Waals surface area contributed by atoms with Gasteiger partial charge in [0, 0.05) is 30.8 Å². The lowest BCUT2D eigenvalue weighted by molar-refractivity contribution is 0.0300. The standard InChI is InChI=1S/C27H29BFN7O/c1-26(10-12-37-13-11-26)16-30-25-22-14-20(6-9-23(22)31-17-32-25)33-27(28,18-2-4-19(29)5-3-18)24-15-36(35-34-24)21-7-8-21/h2-6,9,14-15,17,21,33H,7-8,10-13,16H2,1H3,(H,30,31,32). The number of rotatable bonds is 8. The first-order chi connectivity index (χ1) is 17.9. The zero-order chi connectivity index (χ0) is 25.5. The Morgan fingerprint density at radius 2 is 1.92 bits per heavy atom. The molecule has 6 rings (SSSR count). The van der Waals surface area contributed by atoms with Crippen LogP contribution in [0.15, 0.2) is 55.0 Å². The molecular weight excluding hydrogens is 468 g/mol. The van der Waals surface area contributed by atoms with E-state index >= 15 is 0 Å². The van der Waals surface area contributed by atoms with Crippen molar-refractivity contribution in [2.75, 3.05) is 30.4 Å². The molecule has 4 aromatic rings. The summed E-state index contributed by atoms with van der Waals surface area (Å²) in [6, 6.07) is 12.4. The van der Waals surface area contributed by atoms with Crippen LogP contribution in [-0.2, 0) is 10.2 Å². The lowest BCUT2D eigenvalue weighted by Crippen LogP contribution is -2.37. The van der Waals surface area contributed by atoms with Crippen molar-refractivity contribution >= 4 is 30.3 Å². The summed E-state index contributed by atoms with van der Waals surface area (Å²) in [6.07, 6.45) is 7.62. The van der Waals surface area contributed by atoms with Crippen LogP contribution >= 0.6 is 0 Å². The zero-order valence-electron chi connectivity index (χ0n) is 20.8. The molecule has 1 saturated carbocycles. The van der Waals surface area contributed by atoms with Crippen LogP contribution in [-0.4, -0.2) is 52.6 Å². The average molecular weight is 497 g/mol. The molecule has 1 atom stereocenters. The molecule has 1 aliphatic heterocycles. The number of hydrogen-bond acceptors (Lipinski definition) is 7. The van der Waals surface area contributed by atoms with Crippen molar-refractivity contribution in [1.29, 1.82) is 0 Å². The van der Waals surface area contributed by atoms with Gasteiger partial charge in [0.2, 0.25) is 0 Å². The van der Waals surface area contributed by atoms with Gasteiger partial charge in [0.1, 0.15) is 31.5 Å². The Bertz CT molecular complexity index is 1400. The summed E-state index contributed by atoms with van der Waals surface area (Å²) >= 11 is 0. The zero-order valence-corrected chi connectivity index (χ0v) is 20.8. The molecule has 0 bridgehead atoms. The highest BCUT2D eigenvalue weighted by molar-refractivity contribution is 6.19. The molecule has 1 aliphatic carbocycles. The number of anilines is 2. The first-order valence-corrected chi connectivity index (χ1v) is 12.7. The second-order valence-electron chi connectivity index (χ2n) is 10.5. The van der Waals surface area contributed by atoms with Gasteiger partial charge in [-0.3, -0.25) is 0 Å². The maximum Gasteiger partial charge on any atom is 0.137 e. The highest BCUT2D eigenvalue weighted by Crippen LogP contribution is 2.37. The number of nitrogens with one attached hydrogen (secondary N) is 2. The number of benzene rings is 2. The van der Waals surface area contributed by atoms with Crippen LogP contribution in [0.4, 0.5) is 15.9 Å². The molecule has 188 valence electrons. The van der Waals surface area contributed by atoms with Crippen molar-refractivity contribution in [2.24, 2.45) is 5.41 Å². The largest absolute Gasteiger partial charge is 0.381 e. The Morgan fingerprint density at radius 1 is 1.14 bits per heavy atom. The van der Waals surface area contributed by atoms with Crippen molar-refractivity contribution in [2.45, 2.75) is 44.1 Å². The number of nitrogens with zero attached hydrogens (tertiary/aromatic N) is 5. The summed E-state index contributed by atoms with van der Waals surface area (Å²) in [6.45, 7) is 4.63. The SMILES string of the molecule is [B]C(Nc1ccc2ncnc(NCC3(C)CCOCC3)c2c1)(c1ccc(F)cc1)c1cn(C2CC2)nn1. The van der Waals surface area contributed by atoms with E-state index in [2.05, 4.69) is 37.8 Å². The molecule has 2 N–H and O–H groups in total. The molecule has 0 spiro atoms. The monoisotopic (exact) mass is 497 g/mol. The molecule has 3 heterocycles. The van der Waals surface area contributed by atoms with Gasteiger partial charge in [-0.15, -0.1) is 5.10 Å². The molecular formula is C27H29BFN7O. The maximum atomic E-state index is 13.8. The van der Waals surface area contributed by atoms with E-state index < -0.39 is 5.44 Å². The van der Waals surface area contributed by atoms with E-state index in [0.29, 0.717) is 17.3 Å². The van der Waals surface area contributed by atoms with Gasteiger partial charge in [-0.2, -0.15) is 0 Å². The fourth-order valence-electron chi connectivity index (χ4n) is 4.81. The van der Waals surface area contributed by atoms with Crippen LogP contribution in [0.3, 0.4) is 0 Å². The van der Waals surface area contributed by atoms with E-state index in [9.17, 15) is 4.39 Å². The summed E-state index contributed by atoms with van der Waals surface area (Å²) in [5.41, 5.74) is 1.73. The van der Waals surface area contributed by atoms with Gasteiger partial charge in [-0.1, -0.05) is 24.3 Å². The smallest absolute Gasteiger partial charge is 0.137 e. The Balaban J connectivity index is 1.33. The fourth-order valence-corrected chi connectivity index (χ4v) is 4.81. The Morgan fingerprint density at radius 3 is 2.68 bits per heavy atom. The minimum Gasteiger partial charge on any atom is -0.381 e. The van der Waals surface area contributed by atoms with Crippen molar-refractivity contribution in [3.05, 3.63) is 72.1 Å². The van der Waals surface area contributed by atoms with Crippen LogP contribution in [0.5, 0.6) is 0 Å². The third-order valence-electron chi connectivity index (χ3n) is 7.49. The molecule has 1 saturated heterocycles. The molecule has 2 fully saturated rings. The van der Waals surface area contributed by atoms with Gasteiger partial charge in [0.15, 0.2) is 0 Å². The fraction of sp³-hybridized carbons (Fsp3) is 0.407. The van der Waals surface area contributed by atoms with Gasteiger partial charge in [-0.05, 0) is 67.0 Å². The van der Waals surface area contributed by atoms with E-state index in [0.717, 1.165) is 67.8 Å². The lowest BCUT2D eigenvalue weighted by atomic mass is 9.69. The van der Waals surface area contributed by atoms with Gasteiger partial charge in [0.25, 0.3) is 0 Å². The number of hydrogen-bond donors (Lipinski definition) is 2. The second kappa shape index (κ2) is 9.41. The molecule has 1 unspecified atom stereocenters. The van der Waals surface area contributed by atoms with E-state index in [4.69, 9.17) is 12.6 Å². The first-order valence-electron chi connectivity index (χ1n) is 12.7. The molecule has 37 heavy (non-hydrogen) atoms. The highest BCUT2D eigenvalue weighted by Gasteiger charge is 2.34. The number of aromatic nitrogens is 5. The molecule has 10 heteroatoms. The highest BCUT2D eigenvalue weighted by atomic mass is 19.1. The van der Waals surface area contributed by atoms with Crippen LogP contribution in [0, 0.1) is 11.2 Å². The third kappa shape index (κ3) is 4.90. The van der Waals surface area contributed by atoms with Gasteiger partial charge < -0.3 is 15.4 Å². The second-order valence-corrected chi connectivity index (χ2v) is 10.5. The average Bonchev–Trinajstić information content (AvgIpc) is 3.64. The predicted molar refractivity (Wildman–Crippen MR) is 141 cm³/mol. The van der Waals surface area contributed by atoms with Crippen LogP contribution < -0.4 is 10.6 Å². The van der Waals surface area contributed by atoms with E-state index in [1.165, 1.54) is 12.1 Å². The normalized spacial score (nSPS) is 18.9. The number of ether oxygens (including phenoxy) is 1. The van der Waals surface area contributed by atoms with Gasteiger partial charge in [-0.25, -0.2) is 19.0 Å². The molecule has 8 nitrogen and oxygen atoms in total. The lowest BCUT2D eigenvalue weighted by Gasteiger charge is -2.34. The first kappa shape index (κ1) is 23.8. The van der Waals surface area contributed by atoms with Gasteiger partial charge >= 0.3 is 0 Å². The van der Waals surface area contributed by atoms with Crippen LogP contribution in [0.25, 0.3) is 10.9 Å². The summed E-state index contributed by atoms with van der Waals surface area (Å²) in [4.78, 5) is 8.99.